The number of hydrogen-bond donors (Lipinski definition) is 0. The molecular formula is C21H26FO6S-. The summed E-state index contributed by atoms with van der Waals surface area (Å²) < 4.78 is 56.6. The summed E-state index contributed by atoms with van der Waals surface area (Å²) in [6.45, 7) is 3.08. The number of hydrogen-bond acceptors (Lipinski definition) is 6. The van der Waals surface area contributed by atoms with Crippen molar-refractivity contribution in [2.75, 3.05) is 12.4 Å². The zero-order valence-corrected chi connectivity index (χ0v) is 17.5. The molecule has 8 heteroatoms. The van der Waals surface area contributed by atoms with Gasteiger partial charge in [-0.1, -0.05) is 38.0 Å². The van der Waals surface area contributed by atoms with Crippen LogP contribution in [-0.4, -0.2) is 36.9 Å². The number of halogens is 1. The van der Waals surface area contributed by atoms with Crippen LogP contribution in [-0.2, 0) is 14.9 Å². The SMILES string of the molecule is CCC(C)(C#CC1CCCCC1)Oc1cc(C(=O)OCCS(=O)(=O)[O-])ccc1F. The lowest BCUT2D eigenvalue weighted by molar-refractivity contribution is 0.0526. The van der Waals surface area contributed by atoms with E-state index in [1.807, 2.05) is 6.92 Å². The number of rotatable bonds is 7. The van der Waals surface area contributed by atoms with E-state index in [1.54, 1.807) is 6.92 Å². The van der Waals surface area contributed by atoms with Crippen molar-refractivity contribution in [3.63, 3.8) is 0 Å². The zero-order chi connectivity index (χ0) is 21.5. The second kappa shape index (κ2) is 10.1. The van der Waals surface area contributed by atoms with Crippen molar-refractivity contribution in [3.8, 4) is 17.6 Å². The number of esters is 1. The Kier molecular flexibility index (Phi) is 8.05. The van der Waals surface area contributed by atoms with Gasteiger partial charge in [-0.2, -0.15) is 0 Å². The zero-order valence-electron chi connectivity index (χ0n) is 16.7. The number of ether oxygens (including phenoxy) is 2. The van der Waals surface area contributed by atoms with Gasteiger partial charge < -0.3 is 14.0 Å². The minimum atomic E-state index is -4.49. The van der Waals surface area contributed by atoms with E-state index in [9.17, 15) is 22.2 Å². The molecule has 1 fully saturated rings. The van der Waals surface area contributed by atoms with Gasteiger partial charge in [0.2, 0.25) is 0 Å². The molecule has 29 heavy (non-hydrogen) atoms. The van der Waals surface area contributed by atoms with E-state index in [0.717, 1.165) is 31.7 Å². The fourth-order valence-corrected chi connectivity index (χ4v) is 3.25. The average Bonchev–Trinajstić information content (AvgIpc) is 2.68. The third-order valence-electron chi connectivity index (χ3n) is 4.89. The Bertz CT molecular complexity index is 880. The third kappa shape index (κ3) is 7.67. The van der Waals surface area contributed by atoms with Gasteiger partial charge in [-0.25, -0.2) is 17.6 Å². The lowest BCUT2D eigenvalue weighted by Gasteiger charge is -2.25. The molecule has 0 saturated heterocycles. The summed E-state index contributed by atoms with van der Waals surface area (Å²) in [4.78, 5) is 12.0. The van der Waals surface area contributed by atoms with Gasteiger partial charge in [-0.3, -0.25) is 0 Å². The van der Waals surface area contributed by atoms with Gasteiger partial charge >= 0.3 is 5.97 Å². The average molecular weight is 425 g/mol. The van der Waals surface area contributed by atoms with Gasteiger partial charge in [-0.15, -0.1) is 0 Å². The van der Waals surface area contributed by atoms with E-state index in [4.69, 9.17) is 9.47 Å². The molecule has 160 valence electrons. The van der Waals surface area contributed by atoms with Crippen molar-refractivity contribution < 1.29 is 31.6 Å². The Morgan fingerprint density at radius 1 is 1.31 bits per heavy atom. The quantitative estimate of drug-likeness (QED) is 0.376. The number of carbonyl (C=O) groups is 1. The molecule has 0 bridgehead atoms. The summed E-state index contributed by atoms with van der Waals surface area (Å²) in [6.07, 6.45) is 6.19. The Labute approximate surface area is 171 Å². The van der Waals surface area contributed by atoms with E-state index < -0.39 is 39.9 Å². The van der Waals surface area contributed by atoms with Crippen molar-refractivity contribution in [1.29, 1.82) is 0 Å². The van der Waals surface area contributed by atoms with Crippen LogP contribution in [0.25, 0.3) is 0 Å². The molecule has 0 amide bonds. The van der Waals surface area contributed by atoms with Crippen molar-refractivity contribution in [3.05, 3.63) is 29.6 Å². The van der Waals surface area contributed by atoms with Crippen LogP contribution in [0, 0.1) is 23.6 Å². The Morgan fingerprint density at radius 2 is 2.00 bits per heavy atom. The highest BCUT2D eigenvalue weighted by Crippen LogP contribution is 2.27. The third-order valence-corrected chi connectivity index (χ3v) is 5.56. The standard InChI is InChI=1S/C21H27FO6S/c1-3-21(2,12-11-16-7-5-4-6-8-16)28-19-15-17(9-10-18(19)22)20(23)27-13-14-29(24,25)26/h9-10,15-16H,3-8,13-14H2,1-2H3,(H,24,25,26)/p-1. The summed E-state index contributed by atoms with van der Waals surface area (Å²) in [5.74, 6) is 4.23. The van der Waals surface area contributed by atoms with E-state index >= 15 is 0 Å². The Hall–Kier alpha value is -2.11. The summed E-state index contributed by atoms with van der Waals surface area (Å²) in [7, 11) is -4.49. The molecule has 1 aliphatic carbocycles. The molecular weight excluding hydrogens is 399 g/mol. The first-order valence-electron chi connectivity index (χ1n) is 9.74. The van der Waals surface area contributed by atoms with Crippen molar-refractivity contribution in [2.45, 2.75) is 58.0 Å². The van der Waals surface area contributed by atoms with Crippen LogP contribution >= 0.6 is 0 Å². The van der Waals surface area contributed by atoms with Crippen LogP contribution in [0.2, 0.25) is 0 Å². The van der Waals surface area contributed by atoms with Gasteiger partial charge in [0.15, 0.2) is 17.2 Å². The first kappa shape index (κ1) is 23.2. The van der Waals surface area contributed by atoms with Gasteiger partial charge in [0.25, 0.3) is 0 Å². The fraction of sp³-hybridized carbons (Fsp3) is 0.571. The molecule has 1 aliphatic rings. The number of carbonyl (C=O) groups excluding carboxylic acids is 1. The topological polar surface area (TPSA) is 92.7 Å². The van der Waals surface area contributed by atoms with Crippen LogP contribution in [0.15, 0.2) is 18.2 Å². The predicted octanol–water partition coefficient (Wildman–Crippen LogP) is 3.66. The van der Waals surface area contributed by atoms with Crippen LogP contribution < -0.4 is 4.74 Å². The van der Waals surface area contributed by atoms with E-state index in [2.05, 4.69) is 11.8 Å². The lowest BCUT2D eigenvalue weighted by atomic mass is 9.89. The molecule has 1 saturated carbocycles. The molecule has 1 unspecified atom stereocenters. The largest absolute Gasteiger partial charge is 0.748 e. The first-order valence-corrected chi connectivity index (χ1v) is 11.3. The van der Waals surface area contributed by atoms with Crippen LogP contribution in [0.1, 0.15) is 62.7 Å². The second-order valence-electron chi connectivity index (χ2n) is 7.33. The fourth-order valence-electron chi connectivity index (χ4n) is 2.96. The normalized spacial score (nSPS) is 17.0. The highest BCUT2D eigenvalue weighted by Gasteiger charge is 2.24. The van der Waals surface area contributed by atoms with Crippen molar-refractivity contribution >= 4 is 16.1 Å². The minimum Gasteiger partial charge on any atom is -0.748 e. The summed E-state index contributed by atoms with van der Waals surface area (Å²) in [5, 5.41) is 0. The maximum Gasteiger partial charge on any atom is 0.338 e. The van der Waals surface area contributed by atoms with Gasteiger partial charge in [0, 0.05) is 5.92 Å². The molecule has 0 aromatic heterocycles. The molecule has 1 aromatic rings. The van der Waals surface area contributed by atoms with Crippen LogP contribution in [0.4, 0.5) is 4.39 Å². The Balaban J connectivity index is 2.11. The minimum absolute atomic E-state index is 0.0108. The predicted molar refractivity (Wildman–Crippen MR) is 105 cm³/mol. The molecule has 0 heterocycles. The molecule has 6 nitrogen and oxygen atoms in total. The second-order valence-corrected chi connectivity index (χ2v) is 8.86. The van der Waals surface area contributed by atoms with Crippen LogP contribution in [0.5, 0.6) is 5.75 Å². The van der Waals surface area contributed by atoms with Gasteiger partial charge in [0.1, 0.15) is 6.61 Å². The maximum absolute atomic E-state index is 14.3. The maximum atomic E-state index is 14.3. The summed E-state index contributed by atoms with van der Waals surface area (Å²) >= 11 is 0. The lowest BCUT2D eigenvalue weighted by Crippen LogP contribution is -2.30. The van der Waals surface area contributed by atoms with Gasteiger partial charge in [-0.05, 0) is 44.4 Å². The monoisotopic (exact) mass is 425 g/mol. The highest BCUT2D eigenvalue weighted by atomic mass is 32.2. The summed E-state index contributed by atoms with van der Waals surface area (Å²) in [6, 6.07) is 3.47. The van der Waals surface area contributed by atoms with Crippen molar-refractivity contribution in [1.82, 2.24) is 0 Å². The number of benzene rings is 1. The molecule has 1 atom stereocenters. The smallest absolute Gasteiger partial charge is 0.338 e. The van der Waals surface area contributed by atoms with E-state index in [-0.39, 0.29) is 11.3 Å². The molecule has 0 spiro atoms. The first-order chi connectivity index (χ1) is 13.6. The highest BCUT2D eigenvalue weighted by molar-refractivity contribution is 7.85. The molecule has 0 radical (unpaired) electrons. The van der Waals surface area contributed by atoms with E-state index in [1.165, 1.54) is 18.6 Å². The molecule has 1 aromatic carbocycles. The van der Waals surface area contributed by atoms with Crippen molar-refractivity contribution in [2.24, 2.45) is 5.92 Å². The van der Waals surface area contributed by atoms with E-state index in [0.29, 0.717) is 12.3 Å². The molecule has 0 aliphatic heterocycles. The van der Waals surface area contributed by atoms with Gasteiger partial charge in [0.05, 0.1) is 21.4 Å². The molecule has 2 rings (SSSR count). The molecule has 0 N–H and O–H groups in total. The summed E-state index contributed by atoms with van der Waals surface area (Å²) in [5.41, 5.74) is -0.930. The Morgan fingerprint density at radius 3 is 2.62 bits per heavy atom. The van der Waals surface area contributed by atoms with Crippen LogP contribution in [0.3, 0.4) is 0 Å².